The van der Waals surface area contributed by atoms with Crippen molar-refractivity contribution in [1.29, 1.82) is 0 Å². The Morgan fingerprint density at radius 3 is 3.00 bits per heavy atom. The molecule has 1 nitrogen and oxygen atoms in total. The first-order valence-electron chi connectivity index (χ1n) is 1.91. The summed E-state index contributed by atoms with van der Waals surface area (Å²) in [7, 11) is 0. The molecule has 0 saturated carbocycles. The van der Waals surface area contributed by atoms with E-state index in [0.29, 0.717) is 0 Å². The molecule has 7 heavy (non-hydrogen) atoms. The maximum atomic E-state index is 3.55. The molecule has 1 N–H and O–H groups in total. The molecule has 0 radical (unpaired) electrons. The van der Waals surface area contributed by atoms with Crippen LogP contribution >= 0.6 is 34.4 Å². The molecule has 0 aromatic heterocycles. The van der Waals surface area contributed by atoms with Crippen LogP contribution in [0.4, 0.5) is 0 Å². The van der Waals surface area contributed by atoms with Crippen LogP contribution < -0.4 is 5.32 Å². The van der Waals surface area contributed by atoms with Gasteiger partial charge in [-0.3, -0.25) is 5.32 Å². The van der Waals surface area contributed by atoms with E-state index in [1.54, 1.807) is 11.8 Å². The largest absolute Gasteiger partial charge is 0.299 e. The molecule has 0 fully saturated rings. The van der Waals surface area contributed by atoms with Crippen molar-refractivity contribution in [2.24, 2.45) is 0 Å². The predicted octanol–water partition coefficient (Wildman–Crippen LogP) is 1.80. The molecule has 0 bridgehead atoms. The average molecular weight is 229 g/mol. The van der Waals surface area contributed by atoms with Crippen molar-refractivity contribution in [2.75, 3.05) is 10.4 Å². The van der Waals surface area contributed by atoms with Gasteiger partial charge in [0.25, 0.3) is 0 Å². The molecule has 0 aliphatic carbocycles. The van der Waals surface area contributed by atoms with Crippen molar-refractivity contribution in [3.63, 3.8) is 0 Å². The van der Waals surface area contributed by atoms with Crippen molar-refractivity contribution >= 4 is 34.4 Å². The van der Waals surface area contributed by atoms with Gasteiger partial charge in [-0.1, -0.05) is 29.2 Å². The first-order chi connectivity index (χ1) is 3.41. The molecular weight excluding hydrogens is 221 g/mol. The fourth-order valence-corrected chi connectivity index (χ4v) is 1.13. The van der Waals surface area contributed by atoms with E-state index < -0.39 is 0 Å². The number of thioether (sulfide) groups is 1. The fourth-order valence-electron chi connectivity index (χ4n) is 0.156. The van der Waals surface area contributed by atoms with Gasteiger partial charge < -0.3 is 0 Å². The molecular formula is C4H8INS. The second-order valence-corrected chi connectivity index (χ2v) is 2.58. The highest BCUT2D eigenvalue weighted by Gasteiger charge is 1.74. The summed E-state index contributed by atoms with van der Waals surface area (Å²) in [6.07, 6.45) is 0. The number of alkyl halides is 1. The van der Waals surface area contributed by atoms with Gasteiger partial charge in [-0.15, -0.1) is 11.8 Å². The van der Waals surface area contributed by atoms with Crippen LogP contribution in [0.5, 0.6) is 0 Å². The first kappa shape index (κ1) is 7.78. The summed E-state index contributed by atoms with van der Waals surface area (Å²) in [5.41, 5.74) is 0. The number of rotatable bonds is 4. The maximum Gasteiger partial charge on any atom is 0.0486 e. The van der Waals surface area contributed by atoms with Gasteiger partial charge in [0.15, 0.2) is 0 Å². The van der Waals surface area contributed by atoms with Crippen molar-refractivity contribution < 1.29 is 0 Å². The molecule has 0 atom stereocenters. The van der Waals surface area contributed by atoms with Crippen molar-refractivity contribution in [3.05, 3.63) is 12.0 Å². The molecule has 0 aromatic carbocycles. The molecule has 0 aromatic rings. The molecule has 42 valence electrons. The molecule has 0 aliphatic heterocycles. The normalized spacial score (nSPS) is 8.71. The van der Waals surface area contributed by atoms with Crippen molar-refractivity contribution in [2.45, 2.75) is 0 Å². The molecule has 0 saturated heterocycles. The van der Waals surface area contributed by atoms with Crippen LogP contribution in [0.25, 0.3) is 0 Å². The third-order valence-corrected chi connectivity index (χ3v) is 1.54. The lowest BCUT2D eigenvalue weighted by molar-refractivity contribution is 0.971. The van der Waals surface area contributed by atoms with E-state index in [1.807, 2.05) is 5.41 Å². The highest BCUT2D eigenvalue weighted by atomic mass is 127. The minimum absolute atomic E-state index is 0.979. The van der Waals surface area contributed by atoms with E-state index in [4.69, 9.17) is 0 Å². The fraction of sp³-hybridized carbons (Fsp3) is 0.500. The average Bonchev–Trinajstić information content (AvgIpc) is 1.69. The molecule has 0 aliphatic rings. The van der Waals surface area contributed by atoms with E-state index in [-0.39, 0.29) is 0 Å². The van der Waals surface area contributed by atoms with Crippen LogP contribution in [0.15, 0.2) is 12.0 Å². The Balaban J connectivity index is 2.56. The Bertz CT molecular complexity index is 49.0. The van der Waals surface area contributed by atoms with E-state index in [9.17, 15) is 0 Å². The molecule has 0 spiro atoms. The molecule has 0 amide bonds. The minimum Gasteiger partial charge on any atom is -0.299 e. The van der Waals surface area contributed by atoms with Gasteiger partial charge >= 0.3 is 0 Å². The van der Waals surface area contributed by atoms with Gasteiger partial charge in [-0.05, 0) is 5.41 Å². The monoisotopic (exact) mass is 229 g/mol. The van der Waals surface area contributed by atoms with Crippen LogP contribution in [-0.2, 0) is 0 Å². The standard InChI is InChI=1S/C4H8INS/c1-2-7-4-6-3-5/h2,6H,1,3-4H2. The Hall–Kier alpha value is 0.780. The highest BCUT2D eigenvalue weighted by Crippen LogP contribution is 1.94. The summed E-state index contributed by atoms with van der Waals surface area (Å²) in [6.45, 7) is 3.55. The number of halogens is 1. The van der Waals surface area contributed by atoms with Crippen molar-refractivity contribution in [3.8, 4) is 0 Å². The topological polar surface area (TPSA) is 12.0 Å². The van der Waals surface area contributed by atoms with Crippen LogP contribution in [-0.4, -0.2) is 10.4 Å². The lowest BCUT2D eigenvalue weighted by Crippen LogP contribution is -2.07. The van der Waals surface area contributed by atoms with E-state index in [1.165, 1.54) is 0 Å². The van der Waals surface area contributed by atoms with Gasteiger partial charge in [0.05, 0.1) is 0 Å². The zero-order valence-corrected chi connectivity index (χ0v) is 6.96. The maximum absolute atomic E-state index is 3.55. The predicted molar refractivity (Wildman–Crippen MR) is 44.7 cm³/mol. The second-order valence-electron chi connectivity index (χ2n) is 0.861. The Kier molecular flexibility index (Phi) is 7.54. The first-order valence-corrected chi connectivity index (χ1v) is 4.48. The second kappa shape index (κ2) is 6.78. The van der Waals surface area contributed by atoms with Crippen molar-refractivity contribution in [1.82, 2.24) is 5.32 Å². The van der Waals surface area contributed by atoms with Gasteiger partial charge in [-0.25, -0.2) is 0 Å². The van der Waals surface area contributed by atoms with Crippen LogP contribution in [0.3, 0.4) is 0 Å². The molecule has 0 heterocycles. The summed E-state index contributed by atoms with van der Waals surface area (Å²) in [6, 6.07) is 0. The van der Waals surface area contributed by atoms with Gasteiger partial charge in [0, 0.05) is 10.4 Å². The zero-order chi connectivity index (χ0) is 5.54. The summed E-state index contributed by atoms with van der Waals surface area (Å²) in [4.78, 5) is 0. The summed E-state index contributed by atoms with van der Waals surface area (Å²) in [5.74, 6) is 0.979. The zero-order valence-electron chi connectivity index (χ0n) is 3.98. The van der Waals surface area contributed by atoms with Gasteiger partial charge in [0.1, 0.15) is 0 Å². The minimum atomic E-state index is 0.979. The Morgan fingerprint density at radius 1 is 1.86 bits per heavy atom. The Labute approximate surface area is 62.1 Å². The SMILES string of the molecule is C=CSCNCI. The van der Waals surface area contributed by atoms with Gasteiger partial charge in [0.2, 0.25) is 0 Å². The van der Waals surface area contributed by atoms with Crippen LogP contribution in [0, 0.1) is 0 Å². The van der Waals surface area contributed by atoms with E-state index >= 15 is 0 Å². The van der Waals surface area contributed by atoms with E-state index in [0.717, 1.165) is 10.4 Å². The van der Waals surface area contributed by atoms with E-state index in [2.05, 4.69) is 34.5 Å². The third kappa shape index (κ3) is 6.78. The summed E-state index contributed by atoms with van der Waals surface area (Å²) >= 11 is 3.95. The smallest absolute Gasteiger partial charge is 0.0486 e. The number of hydrogen-bond donors (Lipinski definition) is 1. The lowest BCUT2D eigenvalue weighted by atomic mass is 11.2. The third-order valence-electron chi connectivity index (χ3n) is 0.398. The van der Waals surface area contributed by atoms with Gasteiger partial charge in [-0.2, -0.15) is 0 Å². The highest BCUT2D eigenvalue weighted by molar-refractivity contribution is 14.1. The number of nitrogens with one attached hydrogen (secondary N) is 1. The molecule has 3 heteroatoms. The lowest BCUT2D eigenvalue weighted by Gasteiger charge is -1.91. The molecule has 0 unspecified atom stereocenters. The quantitative estimate of drug-likeness (QED) is 0.259. The summed E-state index contributed by atoms with van der Waals surface area (Å²) < 4.78 is 1.01. The summed E-state index contributed by atoms with van der Waals surface area (Å²) in [5, 5.41) is 4.96. The molecule has 0 rings (SSSR count). The Morgan fingerprint density at radius 2 is 2.57 bits per heavy atom. The van der Waals surface area contributed by atoms with Crippen LogP contribution in [0.2, 0.25) is 0 Å². The van der Waals surface area contributed by atoms with Crippen LogP contribution in [0.1, 0.15) is 0 Å². The number of hydrogen-bond acceptors (Lipinski definition) is 2.